The quantitative estimate of drug-likeness (QED) is 0.813. The lowest BCUT2D eigenvalue weighted by Gasteiger charge is -2.30. The monoisotopic (exact) mass is 254 g/mol. The number of benzene rings is 1. The Hall–Kier alpha value is -1.15. The first-order chi connectivity index (χ1) is 8.24. The highest BCUT2D eigenvalue weighted by molar-refractivity contribution is 6.30. The second kappa shape index (κ2) is 5.46. The van der Waals surface area contributed by atoms with Gasteiger partial charge in [-0.15, -0.1) is 0 Å². The first-order valence-corrected chi connectivity index (χ1v) is 5.77. The molecule has 0 saturated carbocycles. The third-order valence-electron chi connectivity index (χ3n) is 2.81. The predicted octanol–water partition coefficient (Wildman–Crippen LogP) is 2.38. The lowest BCUT2D eigenvalue weighted by atomic mass is 10.1. The predicted molar refractivity (Wildman–Crippen MR) is 62.2 cm³/mol. The fourth-order valence-electron chi connectivity index (χ4n) is 1.92. The normalized spacial score (nSPS) is 18.6. The highest BCUT2D eigenvalue weighted by Crippen LogP contribution is 2.27. The molecule has 0 aromatic heterocycles. The third-order valence-corrected chi connectivity index (χ3v) is 3.10. The van der Waals surface area contributed by atoms with E-state index in [1.54, 1.807) is 12.1 Å². The van der Waals surface area contributed by atoms with Crippen molar-refractivity contribution in [3.8, 4) is 6.07 Å². The van der Waals surface area contributed by atoms with Crippen LogP contribution in [0.3, 0.4) is 0 Å². The van der Waals surface area contributed by atoms with Gasteiger partial charge in [0.2, 0.25) is 0 Å². The molecule has 1 heterocycles. The summed E-state index contributed by atoms with van der Waals surface area (Å²) < 4.78 is 19.1. The fourth-order valence-corrected chi connectivity index (χ4v) is 2.10. The molecule has 1 unspecified atom stereocenters. The third kappa shape index (κ3) is 2.58. The van der Waals surface area contributed by atoms with Crippen LogP contribution in [0.4, 0.5) is 4.39 Å². The van der Waals surface area contributed by atoms with Gasteiger partial charge >= 0.3 is 0 Å². The van der Waals surface area contributed by atoms with Gasteiger partial charge in [-0.05, 0) is 6.07 Å². The van der Waals surface area contributed by atoms with Crippen LogP contribution in [-0.4, -0.2) is 31.2 Å². The van der Waals surface area contributed by atoms with Crippen LogP contribution in [0.15, 0.2) is 18.2 Å². The Balaban J connectivity index is 2.29. The smallest absolute Gasteiger partial charge is 0.147 e. The SMILES string of the molecule is N#CC(c1cccc(Cl)c1F)N1CCOCC1. The number of nitriles is 1. The van der Waals surface area contributed by atoms with Gasteiger partial charge in [0.1, 0.15) is 11.9 Å². The standard InChI is InChI=1S/C12H12ClFN2O/c13-10-3-1-2-9(12(10)14)11(8-15)16-4-6-17-7-5-16/h1-3,11H,4-7H2. The summed E-state index contributed by atoms with van der Waals surface area (Å²) in [5, 5.41) is 9.26. The van der Waals surface area contributed by atoms with Crippen LogP contribution in [0.5, 0.6) is 0 Å². The molecule has 1 aromatic rings. The van der Waals surface area contributed by atoms with E-state index in [0.29, 0.717) is 31.9 Å². The maximum Gasteiger partial charge on any atom is 0.147 e. The molecule has 1 saturated heterocycles. The molecule has 1 atom stereocenters. The van der Waals surface area contributed by atoms with E-state index in [-0.39, 0.29) is 5.02 Å². The molecule has 3 nitrogen and oxygen atoms in total. The molecule has 0 bridgehead atoms. The second-order valence-electron chi connectivity index (χ2n) is 3.82. The first kappa shape index (κ1) is 12.3. The number of hydrogen-bond donors (Lipinski definition) is 0. The summed E-state index contributed by atoms with van der Waals surface area (Å²) in [7, 11) is 0. The van der Waals surface area contributed by atoms with E-state index in [1.165, 1.54) is 6.07 Å². The van der Waals surface area contributed by atoms with Gasteiger partial charge in [0.25, 0.3) is 0 Å². The van der Waals surface area contributed by atoms with Crippen molar-refractivity contribution in [3.05, 3.63) is 34.6 Å². The van der Waals surface area contributed by atoms with Crippen LogP contribution in [0.25, 0.3) is 0 Å². The Bertz CT molecular complexity index is 441. The van der Waals surface area contributed by atoms with E-state index in [9.17, 15) is 9.65 Å². The molecule has 17 heavy (non-hydrogen) atoms. The van der Waals surface area contributed by atoms with Crippen molar-refractivity contribution in [3.63, 3.8) is 0 Å². The van der Waals surface area contributed by atoms with Crippen molar-refractivity contribution in [2.24, 2.45) is 0 Å². The summed E-state index contributed by atoms with van der Waals surface area (Å²) in [6, 6.07) is 6.27. The lowest BCUT2D eigenvalue weighted by molar-refractivity contribution is 0.0261. The van der Waals surface area contributed by atoms with Crippen LogP contribution in [0, 0.1) is 17.1 Å². The van der Waals surface area contributed by atoms with Crippen LogP contribution in [0.2, 0.25) is 5.02 Å². The van der Waals surface area contributed by atoms with Crippen molar-refractivity contribution in [1.29, 1.82) is 5.26 Å². The first-order valence-electron chi connectivity index (χ1n) is 5.39. The number of rotatable bonds is 2. The molecule has 1 aliphatic rings. The van der Waals surface area contributed by atoms with Crippen molar-refractivity contribution >= 4 is 11.6 Å². The molecule has 2 rings (SSSR count). The summed E-state index contributed by atoms with van der Waals surface area (Å²) >= 11 is 5.73. The Labute approximate surface area is 104 Å². The van der Waals surface area contributed by atoms with E-state index >= 15 is 0 Å². The van der Waals surface area contributed by atoms with Crippen molar-refractivity contribution in [1.82, 2.24) is 4.90 Å². The zero-order valence-electron chi connectivity index (χ0n) is 9.20. The highest BCUT2D eigenvalue weighted by Gasteiger charge is 2.25. The molecule has 0 radical (unpaired) electrons. The van der Waals surface area contributed by atoms with Crippen molar-refractivity contribution in [2.75, 3.05) is 26.3 Å². The maximum absolute atomic E-state index is 13.9. The summed E-state index contributed by atoms with van der Waals surface area (Å²) in [6.45, 7) is 2.40. The molecular weight excluding hydrogens is 243 g/mol. The Morgan fingerprint density at radius 2 is 2.12 bits per heavy atom. The zero-order chi connectivity index (χ0) is 12.3. The maximum atomic E-state index is 13.9. The number of halogens is 2. The van der Waals surface area contributed by atoms with Crippen LogP contribution in [-0.2, 0) is 4.74 Å². The molecule has 1 fully saturated rings. The molecule has 90 valence electrons. The molecule has 0 amide bonds. The van der Waals surface area contributed by atoms with Gasteiger partial charge in [-0.25, -0.2) is 4.39 Å². The summed E-state index contributed by atoms with van der Waals surface area (Å²) in [6.07, 6.45) is 0. The van der Waals surface area contributed by atoms with Gasteiger partial charge in [-0.3, -0.25) is 4.90 Å². The summed E-state index contributed by atoms with van der Waals surface area (Å²) in [4.78, 5) is 1.90. The second-order valence-corrected chi connectivity index (χ2v) is 4.23. The van der Waals surface area contributed by atoms with Gasteiger partial charge in [-0.2, -0.15) is 5.26 Å². The van der Waals surface area contributed by atoms with Crippen LogP contribution < -0.4 is 0 Å². The summed E-state index contributed by atoms with van der Waals surface area (Å²) in [5.41, 5.74) is 0.335. The Morgan fingerprint density at radius 3 is 2.76 bits per heavy atom. The van der Waals surface area contributed by atoms with E-state index in [1.807, 2.05) is 4.90 Å². The minimum atomic E-state index is -0.599. The van der Waals surface area contributed by atoms with Gasteiger partial charge in [0, 0.05) is 18.7 Å². The molecule has 5 heteroatoms. The average molecular weight is 255 g/mol. The zero-order valence-corrected chi connectivity index (χ0v) is 9.95. The molecule has 1 aliphatic heterocycles. The van der Waals surface area contributed by atoms with E-state index in [4.69, 9.17) is 16.3 Å². The lowest BCUT2D eigenvalue weighted by Crippen LogP contribution is -2.38. The number of nitrogens with zero attached hydrogens (tertiary/aromatic N) is 2. The highest BCUT2D eigenvalue weighted by atomic mass is 35.5. The minimum absolute atomic E-state index is 0.0519. The van der Waals surface area contributed by atoms with E-state index < -0.39 is 11.9 Å². The van der Waals surface area contributed by atoms with E-state index in [0.717, 1.165) is 0 Å². The van der Waals surface area contributed by atoms with Gasteiger partial charge in [-0.1, -0.05) is 23.7 Å². The van der Waals surface area contributed by atoms with Crippen molar-refractivity contribution in [2.45, 2.75) is 6.04 Å². The number of ether oxygens (including phenoxy) is 1. The van der Waals surface area contributed by atoms with Gasteiger partial charge < -0.3 is 4.74 Å². The number of hydrogen-bond acceptors (Lipinski definition) is 3. The molecular formula is C12H12ClFN2O. The Morgan fingerprint density at radius 1 is 1.41 bits per heavy atom. The molecule has 1 aromatic carbocycles. The van der Waals surface area contributed by atoms with Crippen molar-refractivity contribution < 1.29 is 9.13 Å². The molecule has 0 aliphatic carbocycles. The molecule has 0 N–H and O–H groups in total. The fraction of sp³-hybridized carbons (Fsp3) is 0.417. The Kier molecular flexibility index (Phi) is 3.95. The van der Waals surface area contributed by atoms with E-state index in [2.05, 4.69) is 6.07 Å². The number of morpholine rings is 1. The van der Waals surface area contributed by atoms with Crippen LogP contribution in [0.1, 0.15) is 11.6 Å². The minimum Gasteiger partial charge on any atom is -0.379 e. The summed E-state index contributed by atoms with van der Waals surface area (Å²) in [5.74, 6) is -0.507. The largest absolute Gasteiger partial charge is 0.379 e. The van der Waals surface area contributed by atoms with Gasteiger partial charge in [0.15, 0.2) is 0 Å². The van der Waals surface area contributed by atoms with Gasteiger partial charge in [0.05, 0.1) is 24.3 Å². The topological polar surface area (TPSA) is 36.3 Å². The average Bonchev–Trinajstić information content (AvgIpc) is 2.37. The molecule has 0 spiro atoms. The van der Waals surface area contributed by atoms with Crippen LogP contribution >= 0.6 is 11.6 Å².